The second-order valence-electron chi connectivity index (χ2n) is 7.03. The van der Waals surface area contributed by atoms with Crippen molar-refractivity contribution in [1.29, 1.82) is 0 Å². The van der Waals surface area contributed by atoms with Gasteiger partial charge in [-0.1, -0.05) is 42.8 Å². The van der Waals surface area contributed by atoms with Gasteiger partial charge in [0.05, 0.1) is 23.6 Å². The third kappa shape index (κ3) is 6.60. The van der Waals surface area contributed by atoms with E-state index in [9.17, 15) is 14.4 Å². The number of hydrogen-bond acceptors (Lipinski definition) is 5. The molecule has 3 rings (SSSR count). The molecule has 2 amide bonds. The molecule has 6 nitrogen and oxygen atoms in total. The fourth-order valence-corrected chi connectivity index (χ4v) is 4.26. The lowest BCUT2D eigenvalue weighted by Crippen LogP contribution is -2.25. The van der Waals surface area contributed by atoms with E-state index in [0.717, 1.165) is 4.90 Å². The summed E-state index contributed by atoms with van der Waals surface area (Å²) in [7, 11) is 1.30. The Hall–Kier alpha value is -3.29. The van der Waals surface area contributed by atoms with Crippen molar-refractivity contribution in [3.63, 3.8) is 0 Å². The first-order chi connectivity index (χ1) is 15.9. The summed E-state index contributed by atoms with van der Waals surface area (Å²) in [4.78, 5) is 38.2. The molecule has 0 heterocycles. The van der Waals surface area contributed by atoms with Crippen LogP contribution in [-0.2, 0) is 9.53 Å². The largest absolute Gasteiger partial charge is 0.465 e. The molecule has 0 aromatic heterocycles. The summed E-state index contributed by atoms with van der Waals surface area (Å²) >= 11 is 7.34. The van der Waals surface area contributed by atoms with Gasteiger partial charge in [-0.15, -0.1) is 11.8 Å². The van der Waals surface area contributed by atoms with Crippen LogP contribution in [0.3, 0.4) is 0 Å². The molecule has 3 aromatic carbocycles. The molecule has 0 radical (unpaired) electrons. The summed E-state index contributed by atoms with van der Waals surface area (Å²) < 4.78 is 4.79. The van der Waals surface area contributed by atoms with Crippen LogP contribution in [-0.4, -0.2) is 30.1 Å². The number of benzene rings is 3. The third-order valence-electron chi connectivity index (χ3n) is 4.71. The number of anilines is 2. The van der Waals surface area contributed by atoms with Gasteiger partial charge in [0.25, 0.3) is 5.91 Å². The summed E-state index contributed by atoms with van der Waals surface area (Å²) in [6.45, 7) is 1.91. The van der Waals surface area contributed by atoms with Crippen LogP contribution < -0.4 is 10.6 Å². The fourth-order valence-electron chi connectivity index (χ4n) is 3.06. The lowest BCUT2D eigenvalue weighted by atomic mass is 10.1. The Bertz CT molecular complexity index is 1170. The molecule has 0 fully saturated rings. The van der Waals surface area contributed by atoms with Gasteiger partial charge in [0.15, 0.2) is 0 Å². The highest BCUT2D eigenvalue weighted by Gasteiger charge is 2.21. The minimum absolute atomic E-state index is 0.229. The van der Waals surface area contributed by atoms with E-state index in [4.69, 9.17) is 16.3 Å². The minimum atomic E-state index is -0.519. The quantitative estimate of drug-likeness (QED) is 0.309. The molecule has 33 heavy (non-hydrogen) atoms. The van der Waals surface area contributed by atoms with E-state index in [0.29, 0.717) is 33.9 Å². The number of carbonyl (C=O) groups excluding carboxylic acids is 3. The first kappa shape index (κ1) is 24.4. The fraction of sp³-hybridized carbons (Fsp3) is 0.160. The molecule has 0 aliphatic heterocycles. The van der Waals surface area contributed by atoms with E-state index >= 15 is 0 Å². The minimum Gasteiger partial charge on any atom is -0.465 e. The molecule has 3 aromatic rings. The second-order valence-corrected chi connectivity index (χ2v) is 8.75. The van der Waals surface area contributed by atoms with Crippen LogP contribution in [0.4, 0.5) is 11.4 Å². The third-order valence-corrected chi connectivity index (χ3v) is 6.30. The Morgan fingerprint density at radius 1 is 0.970 bits per heavy atom. The average molecular weight is 483 g/mol. The van der Waals surface area contributed by atoms with Crippen LogP contribution in [0, 0.1) is 0 Å². The Labute approximate surface area is 201 Å². The normalized spacial score (nSPS) is 11.4. The van der Waals surface area contributed by atoms with Gasteiger partial charge in [0, 0.05) is 21.2 Å². The maximum absolute atomic E-state index is 12.9. The van der Waals surface area contributed by atoms with E-state index in [1.165, 1.54) is 18.9 Å². The molecule has 1 unspecified atom stereocenters. The number of halogens is 1. The van der Waals surface area contributed by atoms with E-state index in [1.807, 2.05) is 25.1 Å². The van der Waals surface area contributed by atoms with Crippen LogP contribution in [0.2, 0.25) is 5.02 Å². The smallest absolute Gasteiger partial charge is 0.339 e. The van der Waals surface area contributed by atoms with Crippen molar-refractivity contribution >= 4 is 52.5 Å². The van der Waals surface area contributed by atoms with Crippen molar-refractivity contribution in [2.45, 2.75) is 23.5 Å². The van der Waals surface area contributed by atoms with Crippen molar-refractivity contribution < 1.29 is 19.1 Å². The number of methoxy groups -OCH3 is 1. The van der Waals surface area contributed by atoms with Crippen LogP contribution in [0.5, 0.6) is 0 Å². The van der Waals surface area contributed by atoms with Gasteiger partial charge in [-0.3, -0.25) is 9.59 Å². The van der Waals surface area contributed by atoms with E-state index in [1.54, 1.807) is 54.6 Å². The Balaban J connectivity index is 1.70. The Kier molecular flexibility index (Phi) is 8.52. The van der Waals surface area contributed by atoms with Gasteiger partial charge in [0.1, 0.15) is 0 Å². The maximum atomic E-state index is 12.9. The highest BCUT2D eigenvalue weighted by Crippen LogP contribution is 2.29. The summed E-state index contributed by atoms with van der Waals surface area (Å²) in [6.07, 6.45) is 0.565. The second kappa shape index (κ2) is 11.5. The number of carbonyl (C=O) groups is 3. The summed E-state index contributed by atoms with van der Waals surface area (Å²) in [5.41, 5.74) is 1.75. The lowest BCUT2D eigenvalue weighted by Gasteiger charge is -2.16. The molecule has 170 valence electrons. The van der Waals surface area contributed by atoms with Crippen LogP contribution >= 0.6 is 23.4 Å². The highest BCUT2D eigenvalue weighted by molar-refractivity contribution is 8.00. The lowest BCUT2D eigenvalue weighted by molar-refractivity contribution is -0.115. The standard InChI is InChI=1S/C25H23ClN2O4S/c1-3-22(24(30)28-21-13-5-4-12-20(21)25(31)32-2)33-19-11-7-10-18(15-19)27-23(29)16-8-6-9-17(26)14-16/h4-15,22H,3H2,1-2H3,(H,27,29)(H,28,30). The van der Waals surface area contributed by atoms with Crippen molar-refractivity contribution in [2.75, 3.05) is 17.7 Å². The van der Waals surface area contributed by atoms with Crippen LogP contribution in [0.1, 0.15) is 34.1 Å². The molecule has 0 aliphatic rings. The number of thioether (sulfide) groups is 1. The topological polar surface area (TPSA) is 84.5 Å². The summed E-state index contributed by atoms with van der Waals surface area (Å²) in [6, 6.07) is 20.7. The molecular formula is C25H23ClN2O4S. The summed E-state index contributed by atoms with van der Waals surface area (Å²) in [5.74, 6) is -1.02. The number of amides is 2. The van der Waals surface area contributed by atoms with Gasteiger partial charge < -0.3 is 15.4 Å². The number of rotatable bonds is 8. The zero-order valence-corrected chi connectivity index (χ0v) is 19.7. The zero-order valence-electron chi connectivity index (χ0n) is 18.1. The number of esters is 1. The van der Waals surface area contributed by atoms with Crippen molar-refractivity contribution in [1.82, 2.24) is 0 Å². The van der Waals surface area contributed by atoms with E-state index < -0.39 is 11.2 Å². The zero-order chi connectivity index (χ0) is 23.8. The number of nitrogens with one attached hydrogen (secondary N) is 2. The van der Waals surface area contributed by atoms with Gasteiger partial charge >= 0.3 is 5.97 Å². The molecule has 0 aliphatic carbocycles. The van der Waals surface area contributed by atoms with Gasteiger partial charge in [-0.2, -0.15) is 0 Å². The summed E-state index contributed by atoms with van der Waals surface area (Å²) in [5, 5.41) is 5.75. The van der Waals surface area contributed by atoms with Crippen LogP contribution in [0.25, 0.3) is 0 Å². The number of para-hydroxylation sites is 1. The number of hydrogen-bond donors (Lipinski definition) is 2. The SMILES string of the molecule is CCC(Sc1cccc(NC(=O)c2cccc(Cl)c2)c1)C(=O)Nc1ccccc1C(=O)OC. The molecule has 8 heteroatoms. The highest BCUT2D eigenvalue weighted by atomic mass is 35.5. The van der Waals surface area contributed by atoms with E-state index in [-0.39, 0.29) is 11.8 Å². The molecular weight excluding hydrogens is 460 g/mol. The molecule has 1 atom stereocenters. The first-order valence-electron chi connectivity index (χ1n) is 10.2. The molecule has 0 saturated heterocycles. The Morgan fingerprint density at radius 2 is 1.73 bits per heavy atom. The predicted octanol–water partition coefficient (Wildman–Crippen LogP) is 5.89. The average Bonchev–Trinajstić information content (AvgIpc) is 2.82. The van der Waals surface area contributed by atoms with Crippen LogP contribution in [0.15, 0.2) is 77.7 Å². The van der Waals surface area contributed by atoms with Crippen molar-refractivity contribution in [2.24, 2.45) is 0 Å². The number of ether oxygens (including phenoxy) is 1. The van der Waals surface area contributed by atoms with Crippen molar-refractivity contribution in [3.8, 4) is 0 Å². The molecule has 0 saturated carbocycles. The molecule has 2 N–H and O–H groups in total. The van der Waals surface area contributed by atoms with Crippen molar-refractivity contribution in [3.05, 3.63) is 88.9 Å². The molecule has 0 spiro atoms. The predicted molar refractivity (Wildman–Crippen MR) is 132 cm³/mol. The van der Waals surface area contributed by atoms with Gasteiger partial charge in [-0.05, 0) is 55.0 Å². The molecule has 0 bridgehead atoms. The maximum Gasteiger partial charge on any atom is 0.339 e. The Morgan fingerprint density at radius 3 is 2.45 bits per heavy atom. The van der Waals surface area contributed by atoms with Gasteiger partial charge in [0.2, 0.25) is 5.91 Å². The first-order valence-corrected chi connectivity index (χ1v) is 11.5. The van der Waals surface area contributed by atoms with Gasteiger partial charge in [-0.25, -0.2) is 4.79 Å². The van der Waals surface area contributed by atoms with E-state index in [2.05, 4.69) is 10.6 Å². The monoisotopic (exact) mass is 482 g/mol.